The topological polar surface area (TPSA) is 79.3 Å². The minimum Gasteiger partial charge on any atom is -0.473 e. The summed E-state index contributed by atoms with van der Waals surface area (Å²) in [5, 5.41) is 17.7. The van der Waals surface area contributed by atoms with Crippen LogP contribution >= 0.6 is 0 Å². The van der Waals surface area contributed by atoms with E-state index in [1.54, 1.807) is 31.2 Å². The number of nitrogens with two attached hydrogens (primary N) is 1. The van der Waals surface area contributed by atoms with Gasteiger partial charge in [0.15, 0.2) is 6.23 Å². The molecule has 0 aromatic heterocycles. The van der Waals surface area contributed by atoms with E-state index in [1.165, 1.54) is 0 Å². The molecule has 0 saturated heterocycles. The zero-order valence-electron chi connectivity index (χ0n) is 7.84. The van der Waals surface area contributed by atoms with Crippen molar-refractivity contribution in [2.75, 3.05) is 0 Å². The van der Waals surface area contributed by atoms with E-state index in [-0.39, 0.29) is 0 Å². The van der Waals surface area contributed by atoms with Crippen LogP contribution in [-0.4, -0.2) is 17.4 Å². The molecule has 0 radical (unpaired) electrons. The third-order valence-electron chi connectivity index (χ3n) is 1.71. The third-order valence-corrected chi connectivity index (χ3v) is 1.71. The Kier molecular flexibility index (Phi) is 3.46. The second kappa shape index (κ2) is 4.61. The molecule has 0 aliphatic carbocycles. The van der Waals surface area contributed by atoms with E-state index in [0.29, 0.717) is 11.3 Å². The molecule has 1 aromatic carbocycles. The summed E-state index contributed by atoms with van der Waals surface area (Å²) < 4.78 is 5.19. The standard InChI is InChI=1S/C10H12N2O2/c1-7(13)10(12)14-9-4-2-3-8(5-9)6-11/h2-5,7,10,13H,12H2,1H3. The number of ether oxygens (including phenoxy) is 1. The van der Waals surface area contributed by atoms with Gasteiger partial charge < -0.3 is 9.84 Å². The Morgan fingerprint density at radius 2 is 2.29 bits per heavy atom. The summed E-state index contributed by atoms with van der Waals surface area (Å²) in [6.07, 6.45) is -1.52. The zero-order valence-corrected chi connectivity index (χ0v) is 7.84. The lowest BCUT2D eigenvalue weighted by atomic mass is 10.2. The highest BCUT2D eigenvalue weighted by Gasteiger charge is 2.10. The number of nitrogens with zero attached hydrogens (tertiary/aromatic N) is 1. The number of aliphatic hydroxyl groups is 1. The van der Waals surface area contributed by atoms with Crippen molar-refractivity contribution in [1.82, 2.24) is 0 Å². The van der Waals surface area contributed by atoms with Gasteiger partial charge in [-0.15, -0.1) is 0 Å². The highest BCUT2D eigenvalue weighted by atomic mass is 16.5. The van der Waals surface area contributed by atoms with E-state index < -0.39 is 12.3 Å². The Morgan fingerprint density at radius 3 is 2.86 bits per heavy atom. The molecule has 0 bridgehead atoms. The fraction of sp³-hybridized carbons (Fsp3) is 0.300. The average Bonchev–Trinajstić information content (AvgIpc) is 2.18. The van der Waals surface area contributed by atoms with Gasteiger partial charge in [0.25, 0.3) is 0 Å². The molecule has 4 heteroatoms. The van der Waals surface area contributed by atoms with E-state index in [9.17, 15) is 0 Å². The summed E-state index contributed by atoms with van der Waals surface area (Å²) >= 11 is 0. The van der Waals surface area contributed by atoms with Gasteiger partial charge in [0.2, 0.25) is 0 Å². The summed E-state index contributed by atoms with van der Waals surface area (Å²) in [4.78, 5) is 0. The monoisotopic (exact) mass is 192 g/mol. The van der Waals surface area contributed by atoms with Crippen LogP contribution in [-0.2, 0) is 0 Å². The Balaban J connectivity index is 2.73. The molecule has 2 atom stereocenters. The highest BCUT2D eigenvalue weighted by molar-refractivity contribution is 5.36. The van der Waals surface area contributed by atoms with Crippen LogP contribution in [0.5, 0.6) is 5.75 Å². The summed E-state index contributed by atoms with van der Waals surface area (Å²) in [6.45, 7) is 1.54. The smallest absolute Gasteiger partial charge is 0.173 e. The van der Waals surface area contributed by atoms with E-state index in [2.05, 4.69) is 0 Å². The predicted molar refractivity (Wildman–Crippen MR) is 51.4 cm³/mol. The summed E-state index contributed by atoms with van der Waals surface area (Å²) in [5.41, 5.74) is 5.99. The van der Waals surface area contributed by atoms with Crippen molar-refractivity contribution in [1.29, 1.82) is 5.26 Å². The maximum absolute atomic E-state index is 9.09. The Bertz CT molecular complexity index is 344. The van der Waals surface area contributed by atoms with Crippen LogP contribution in [0.4, 0.5) is 0 Å². The van der Waals surface area contributed by atoms with Gasteiger partial charge in [0.05, 0.1) is 11.6 Å². The molecule has 4 nitrogen and oxygen atoms in total. The van der Waals surface area contributed by atoms with Gasteiger partial charge in [-0.05, 0) is 25.1 Å². The summed E-state index contributed by atoms with van der Waals surface area (Å²) in [7, 11) is 0. The van der Waals surface area contributed by atoms with Crippen LogP contribution < -0.4 is 10.5 Å². The fourth-order valence-electron chi connectivity index (χ4n) is 0.895. The van der Waals surface area contributed by atoms with Crippen molar-refractivity contribution in [3.05, 3.63) is 29.8 Å². The van der Waals surface area contributed by atoms with Crippen LogP contribution in [0, 0.1) is 11.3 Å². The molecule has 1 aromatic rings. The maximum atomic E-state index is 9.09. The summed E-state index contributed by atoms with van der Waals surface area (Å²) in [6, 6.07) is 8.61. The van der Waals surface area contributed by atoms with Gasteiger partial charge in [-0.25, -0.2) is 0 Å². The zero-order chi connectivity index (χ0) is 10.6. The van der Waals surface area contributed by atoms with Crippen LogP contribution in [0.2, 0.25) is 0 Å². The molecule has 1 rings (SSSR count). The minimum atomic E-state index is -0.774. The van der Waals surface area contributed by atoms with Gasteiger partial charge >= 0.3 is 0 Å². The molecular weight excluding hydrogens is 180 g/mol. The van der Waals surface area contributed by atoms with Crippen molar-refractivity contribution < 1.29 is 9.84 Å². The van der Waals surface area contributed by atoms with Gasteiger partial charge in [0, 0.05) is 0 Å². The molecular formula is C10H12N2O2. The molecule has 2 unspecified atom stereocenters. The molecule has 14 heavy (non-hydrogen) atoms. The number of hydrogen-bond acceptors (Lipinski definition) is 4. The van der Waals surface area contributed by atoms with Gasteiger partial charge in [-0.2, -0.15) is 5.26 Å². The van der Waals surface area contributed by atoms with E-state index >= 15 is 0 Å². The first kappa shape index (κ1) is 10.5. The Morgan fingerprint density at radius 1 is 1.57 bits per heavy atom. The van der Waals surface area contributed by atoms with Crippen molar-refractivity contribution in [3.8, 4) is 11.8 Å². The third kappa shape index (κ3) is 2.73. The van der Waals surface area contributed by atoms with Crippen molar-refractivity contribution >= 4 is 0 Å². The van der Waals surface area contributed by atoms with Crippen LogP contribution in [0.25, 0.3) is 0 Å². The number of nitriles is 1. The largest absolute Gasteiger partial charge is 0.473 e. The average molecular weight is 192 g/mol. The number of benzene rings is 1. The van der Waals surface area contributed by atoms with Crippen LogP contribution in [0.15, 0.2) is 24.3 Å². The van der Waals surface area contributed by atoms with Crippen molar-refractivity contribution in [3.63, 3.8) is 0 Å². The normalized spacial score (nSPS) is 14.1. The molecule has 0 spiro atoms. The molecule has 3 N–H and O–H groups in total. The van der Waals surface area contributed by atoms with Gasteiger partial charge in [0.1, 0.15) is 11.9 Å². The lowest BCUT2D eigenvalue weighted by molar-refractivity contribution is 0.0528. The van der Waals surface area contributed by atoms with Gasteiger partial charge in [-0.1, -0.05) is 6.07 Å². The second-order valence-electron chi connectivity index (χ2n) is 2.96. The first-order valence-electron chi connectivity index (χ1n) is 4.24. The second-order valence-corrected chi connectivity index (χ2v) is 2.96. The van der Waals surface area contributed by atoms with Crippen molar-refractivity contribution in [2.24, 2.45) is 5.73 Å². The first-order valence-corrected chi connectivity index (χ1v) is 4.24. The quantitative estimate of drug-likeness (QED) is 0.687. The minimum absolute atomic E-state index is 0.484. The molecule has 0 saturated carbocycles. The number of aliphatic hydroxyl groups excluding tert-OH is 1. The van der Waals surface area contributed by atoms with E-state index in [0.717, 1.165) is 0 Å². The lowest BCUT2D eigenvalue weighted by Gasteiger charge is -2.16. The lowest BCUT2D eigenvalue weighted by Crippen LogP contribution is -2.37. The van der Waals surface area contributed by atoms with Crippen LogP contribution in [0.1, 0.15) is 12.5 Å². The number of rotatable bonds is 3. The molecule has 0 amide bonds. The first-order chi connectivity index (χ1) is 6.63. The Hall–Kier alpha value is -1.57. The van der Waals surface area contributed by atoms with Crippen molar-refractivity contribution in [2.45, 2.75) is 19.3 Å². The van der Waals surface area contributed by atoms with Crippen LogP contribution in [0.3, 0.4) is 0 Å². The molecule has 0 aliphatic rings. The highest BCUT2D eigenvalue weighted by Crippen LogP contribution is 2.13. The fourth-order valence-corrected chi connectivity index (χ4v) is 0.895. The van der Waals surface area contributed by atoms with E-state index in [4.69, 9.17) is 20.8 Å². The molecule has 0 aliphatic heterocycles. The SMILES string of the molecule is CC(O)C(N)Oc1cccc(C#N)c1. The maximum Gasteiger partial charge on any atom is 0.173 e. The van der Waals surface area contributed by atoms with Gasteiger partial charge in [-0.3, -0.25) is 5.73 Å². The molecule has 74 valence electrons. The van der Waals surface area contributed by atoms with E-state index in [1.807, 2.05) is 6.07 Å². The summed E-state index contributed by atoms with van der Waals surface area (Å²) in [5.74, 6) is 0.484. The number of hydrogen-bond donors (Lipinski definition) is 2. The Labute approximate surface area is 82.5 Å². The molecule has 0 heterocycles. The molecule has 0 fully saturated rings. The predicted octanol–water partition coefficient (Wildman–Crippen LogP) is 0.603.